The monoisotopic (exact) mass is 305 g/mol. The third kappa shape index (κ3) is 3.57. The molecule has 1 atom stereocenters. The maximum Gasteiger partial charge on any atom is 0.317 e. The Bertz CT molecular complexity index is 365. The summed E-state index contributed by atoms with van der Waals surface area (Å²) >= 11 is 5.07. The Morgan fingerprint density at radius 2 is 2.12 bits per heavy atom. The molecule has 0 amide bonds. The van der Waals surface area contributed by atoms with Crippen LogP contribution in [0.3, 0.4) is 0 Å². The maximum absolute atomic E-state index is 10.8. The van der Waals surface area contributed by atoms with Crippen molar-refractivity contribution in [2.75, 3.05) is 6.54 Å². The van der Waals surface area contributed by atoms with E-state index in [0.29, 0.717) is 0 Å². The Morgan fingerprint density at radius 3 is 2.50 bits per heavy atom. The van der Waals surface area contributed by atoms with Gasteiger partial charge in [-0.1, -0.05) is 0 Å². The first kappa shape index (κ1) is 13.7. The van der Waals surface area contributed by atoms with Crippen molar-refractivity contribution in [1.29, 1.82) is 0 Å². The van der Waals surface area contributed by atoms with E-state index in [2.05, 4.69) is 15.9 Å². The number of hydrogen-bond donors (Lipinski definition) is 1. The lowest BCUT2D eigenvalue weighted by Gasteiger charge is -2.30. The van der Waals surface area contributed by atoms with Gasteiger partial charge in [0.15, 0.2) is 0 Å². The van der Waals surface area contributed by atoms with Crippen LogP contribution in [0, 0.1) is 0 Å². The number of carbonyl (C=O) groups is 1. The molecule has 90 valence electrons. The van der Waals surface area contributed by atoms with Gasteiger partial charge in [-0.3, -0.25) is 9.69 Å². The quantitative estimate of drug-likeness (QED) is 0.907. The predicted octanol–water partition coefficient (Wildman–Crippen LogP) is 3.37. The highest BCUT2D eigenvalue weighted by Crippen LogP contribution is 2.31. The molecule has 1 aromatic rings. The largest absolute Gasteiger partial charge is 0.480 e. The highest BCUT2D eigenvalue weighted by molar-refractivity contribution is 9.11. The summed E-state index contributed by atoms with van der Waals surface area (Å²) in [5.74, 6) is -0.781. The van der Waals surface area contributed by atoms with E-state index < -0.39 is 5.97 Å². The molecule has 0 aliphatic heterocycles. The molecule has 0 saturated heterocycles. The topological polar surface area (TPSA) is 40.5 Å². The Hall–Kier alpha value is -0.390. The summed E-state index contributed by atoms with van der Waals surface area (Å²) < 4.78 is 1.08. The molecule has 0 aromatic carbocycles. The van der Waals surface area contributed by atoms with Crippen molar-refractivity contribution in [2.45, 2.75) is 32.9 Å². The van der Waals surface area contributed by atoms with E-state index in [-0.39, 0.29) is 18.6 Å². The third-order valence-corrected chi connectivity index (χ3v) is 4.28. The van der Waals surface area contributed by atoms with Crippen molar-refractivity contribution >= 4 is 33.2 Å². The van der Waals surface area contributed by atoms with E-state index in [4.69, 9.17) is 5.11 Å². The van der Waals surface area contributed by atoms with E-state index >= 15 is 0 Å². The Balaban J connectivity index is 2.82. The van der Waals surface area contributed by atoms with E-state index in [0.717, 1.165) is 3.79 Å². The number of carboxylic acid groups (broad SMARTS) is 1. The average Bonchev–Trinajstić information content (AvgIpc) is 2.59. The summed E-state index contributed by atoms with van der Waals surface area (Å²) in [4.78, 5) is 14.0. The molecule has 0 aliphatic rings. The molecule has 0 radical (unpaired) electrons. The highest BCUT2D eigenvalue weighted by Gasteiger charge is 2.22. The smallest absolute Gasteiger partial charge is 0.317 e. The third-order valence-electron chi connectivity index (χ3n) is 2.48. The molecular formula is C11H16BrNO2S. The molecule has 16 heavy (non-hydrogen) atoms. The van der Waals surface area contributed by atoms with Gasteiger partial charge in [0.25, 0.3) is 0 Å². The van der Waals surface area contributed by atoms with E-state index in [1.807, 2.05) is 37.8 Å². The number of thiophene rings is 1. The summed E-state index contributed by atoms with van der Waals surface area (Å²) in [5.41, 5.74) is 0. The van der Waals surface area contributed by atoms with Crippen LogP contribution in [0.4, 0.5) is 0 Å². The molecule has 1 unspecified atom stereocenters. The Morgan fingerprint density at radius 1 is 1.50 bits per heavy atom. The van der Waals surface area contributed by atoms with Gasteiger partial charge >= 0.3 is 5.97 Å². The van der Waals surface area contributed by atoms with Crippen molar-refractivity contribution in [3.63, 3.8) is 0 Å². The fourth-order valence-electron chi connectivity index (χ4n) is 1.64. The number of carboxylic acids is 1. The fourth-order valence-corrected chi connectivity index (χ4v) is 3.14. The zero-order chi connectivity index (χ0) is 12.3. The summed E-state index contributed by atoms with van der Waals surface area (Å²) in [6.45, 7) is 6.15. The van der Waals surface area contributed by atoms with Gasteiger partial charge in [0, 0.05) is 17.0 Å². The first-order chi connectivity index (χ1) is 7.41. The number of rotatable bonds is 5. The van der Waals surface area contributed by atoms with Crippen molar-refractivity contribution < 1.29 is 9.90 Å². The standard InChI is InChI=1S/C11H16BrNO2S/c1-7(2)13(6-11(14)15)8(3)9-4-5-10(12)16-9/h4-5,7-8H,6H2,1-3H3,(H,14,15). The van der Waals surface area contributed by atoms with Gasteiger partial charge in [-0.15, -0.1) is 11.3 Å². The van der Waals surface area contributed by atoms with Gasteiger partial charge in [-0.2, -0.15) is 0 Å². The second-order valence-electron chi connectivity index (χ2n) is 3.98. The summed E-state index contributed by atoms with van der Waals surface area (Å²) in [6.07, 6.45) is 0. The summed E-state index contributed by atoms with van der Waals surface area (Å²) in [6, 6.07) is 4.38. The van der Waals surface area contributed by atoms with Gasteiger partial charge in [-0.25, -0.2) is 0 Å². The first-order valence-corrected chi connectivity index (χ1v) is 6.75. The van der Waals surface area contributed by atoms with Crippen molar-refractivity contribution in [2.24, 2.45) is 0 Å². The van der Waals surface area contributed by atoms with Gasteiger partial charge in [0.2, 0.25) is 0 Å². The highest BCUT2D eigenvalue weighted by atomic mass is 79.9. The molecule has 1 rings (SSSR count). The predicted molar refractivity (Wildman–Crippen MR) is 69.9 cm³/mol. The van der Waals surface area contributed by atoms with Crippen LogP contribution in [0.15, 0.2) is 15.9 Å². The Labute approximate surface area is 108 Å². The van der Waals surface area contributed by atoms with Crippen LogP contribution in [0.25, 0.3) is 0 Å². The molecule has 3 nitrogen and oxygen atoms in total. The molecule has 1 N–H and O–H groups in total. The molecule has 0 aliphatic carbocycles. The molecule has 1 aromatic heterocycles. The number of nitrogens with zero attached hydrogens (tertiary/aromatic N) is 1. The summed E-state index contributed by atoms with van der Waals surface area (Å²) in [5, 5.41) is 8.89. The average molecular weight is 306 g/mol. The minimum Gasteiger partial charge on any atom is -0.480 e. The van der Waals surface area contributed by atoms with E-state index in [1.165, 1.54) is 4.88 Å². The van der Waals surface area contributed by atoms with Crippen molar-refractivity contribution in [3.05, 3.63) is 20.8 Å². The second-order valence-corrected chi connectivity index (χ2v) is 6.47. The van der Waals surface area contributed by atoms with Crippen LogP contribution in [0.2, 0.25) is 0 Å². The van der Waals surface area contributed by atoms with Crippen LogP contribution in [0.5, 0.6) is 0 Å². The zero-order valence-corrected chi connectivity index (χ0v) is 12.0. The normalized spacial score (nSPS) is 13.4. The van der Waals surface area contributed by atoms with Gasteiger partial charge < -0.3 is 5.11 Å². The van der Waals surface area contributed by atoms with E-state index in [1.54, 1.807) is 11.3 Å². The molecule has 0 fully saturated rings. The first-order valence-electron chi connectivity index (χ1n) is 5.14. The fraction of sp³-hybridized carbons (Fsp3) is 0.545. The molecule has 0 spiro atoms. The Kier molecular flexibility index (Phi) is 4.95. The molecule has 0 bridgehead atoms. The van der Waals surface area contributed by atoms with Crippen LogP contribution in [-0.2, 0) is 4.79 Å². The van der Waals surface area contributed by atoms with Crippen LogP contribution >= 0.6 is 27.3 Å². The minimum absolute atomic E-state index is 0.0777. The maximum atomic E-state index is 10.8. The van der Waals surface area contributed by atoms with Crippen LogP contribution in [0.1, 0.15) is 31.7 Å². The van der Waals surface area contributed by atoms with Crippen LogP contribution in [-0.4, -0.2) is 28.6 Å². The zero-order valence-electron chi connectivity index (χ0n) is 9.61. The number of hydrogen-bond acceptors (Lipinski definition) is 3. The minimum atomic E-state index is -0.781. The molecule has 5 heteroatoms. The summed E-state index contributed by atoms with van der Waals surface area (Å²) in [7, 11) is 0. The molecule has 1 heterocycles. The van der Waals surface area contributed by atoms with Crippen molar-refractivity contribution in [3.8, 4) is 0 Å². The van der Waals surface area contributed by atoms with Crippen LogP contribution < -0.4 is 0 Å². The SMILES string of the molecule is CC(C)N(CC(=O)O)C(C)c1ccc(Br)s1. The molecular weight excluding hydrogens is 290 g/mol. The number of aliphatic carboxylic acids is 1. The lowest BCUT2D eigenvalue weighted by Crippen LogP contribution is -2.37. The van der Waals surface area contributed by atoms with E-state index in [9.17, 15) is 4.79 Å². The van der Waals surface area contributed by atoms with Gasteiger partial charge in [0.1, 0.15) is 0 Å². The van der Waals surface area contributed by atoms with Gasteiger partial charge in [-0.05, 0) is 48.8 Å². The van der Waals surface area contributed by atoms with Gasteiger partial charge in [0.05, 0.1) is 10.3 Å². The number of halogens is 1. The van der Waals surface area contributed by atoms with Crippen molar-refractivity contribution in [1.82, 2.24) is 4.90 Å². The lowest BCUT2D eigenvalue weighted by molar-refractivity contribution is -0.139. The lowest BCUT2D eigenvalue weighted by atomic mass is 10.2. The molecule has 0 saturated carbocycles. The second kappa shape index (κ2) is 5.80.